The van der Waals surface area contributed by atoms with Crippen molar-refractivity contribution >= 4 is 28.2 Å². The molecule has 1 aromatic heterocycles. The summed E-state index contributed by atoms with van der Waals surface area (Å²) >= 11 is 1.28. The highest BCUT2D eigenvalue weighted by Gasteiger charge is 2.45. The van der Waals surface area contributed by atoms with Gasteiger partial charge in [-0.2, -0.15) is 0 Å². The van der Waals surface area contributed by atoms with E-state index in [-0.39, 0.29) is 35.0 Å². The van der Waals surface area contributed by atoms with Gasteiger partial charge in [-0.05, 0) is 24.2 Å². The maximum Gasteiger partial charge on any atom is 0.229 e. The van der Waals surface area contributed by atoms with E-state index in [4.69, 9.17) is 5.73 Å². The van der Waals surface area contributed by atoms with Gasteiger partial charge in [0.25, 0.3) is 0 Å². The number of hydrogen-bond acceptors (Lipinski definition) is 5. The van der Waals surface area contributed by atoms with Gasteiger partial charge in [0.15, 0.2) is 10.9 Å². The van der Waals surface area contributed by atoms with Gasteiger partial charge in [0, 0.05) is 24.3 Å². The van der Waals surface area contributed by atoms with E-state index in [9.17, 15) is 9.59 Å². The number of ketones is 1. The van der Waals surface area contributed by atoms with Crippen molar-refractivity contribution in [3.63, 3.8) is 0 Å². The van der Waals surface area contributed by atoms with Crippen molar-refractivity contribution < 1.29 is 9.59 Å². The summed E-state index contributed by atoms with van der Waals surface area (Å²) in [6.45, 7) is 7.78. The number of thiazole rings is 1. The minimum Gasteiger partial charge on any atom is -0.327 e. The average Bonchev–Trinajstić information content (AvgIpc) is 2.84. The van der Waals surface area contributed by atoms with Crippen LogP contribution in [0, 0.1) is 17.3 Å². The van der Waals surface area contributed by atoms with Gasteiger partial charge in [-0.3, -0.25) is 9.59 Å². The van der Waals surface area contributed by atoms with Crippen LogP contribution in [0.15, 0.2) is 5.38 Å². The van der Waals surface area contributed by atoms with Crippen molar-refractivity contribution in [3.05, 3.63) is 11.1 Å². The van der Waals surface area contributed by atoms with E-state index >= 15 is 0 Å². The Hall–Kier alpha value is -1.27. The molecule has 1 aliphatic rings. The van der Waals surface area contributed by atoms with E-state index in [0.717, 1.165) is 12.8 Å². The quantitative estimate of drug-likeness (QED) is 0.841. The van der Waals surface area contributed by atoms with Crippen molar-refractivity contribution in [2.45, 2.75) is 46.6 Å². The van der Waals surface area contributed by atoms with Crippen LogP contribution in [0.2, 0.25) is 0 Å². The summed E-state index contributed by atoms with van der Waals surface area (Å²) in [6, 6.07) is 0.147. The number of aromatic nitrogens is 1. The molecule has 116 valence electrons. The number of rotatable bonds is 3. The van der Waals surface area contributed by atoms with Crippen LogP contribution in [0.1, 0.15) is 51.0 Å². The highest BCUT2D eigenvalue weighted by molar-refractivity contribution is 7.14. The largest absolute Gasteiger partial charge is 0.327 e. The molecular weight excluding hydrogens is 286 g/mol. The zero-order valence-corrected chi connectivity index (χ0v) is 13.8. The lowest BCUT2D eigenvalue weighted by atomic mass is 9.61. The van der Waals surface area contributed by atoms with Gasteiger partial charge in [-0.15, -0.1) is 11.3 Å². The lowest BCUT2D eigenvalue weighted by Gasteiger charge is -2.45. The molecule has 1 aromatic rings. The second kappa shape index (κ2) is 5.85. The average molecular weight is 309 g/mol. The number of Topliss-reactive ketones (excluding diaryl/α,β-unsaturated/α-hetero) is 1. The molecule has 1 amide bonds. The zero-order valence-electron chi connectivity index (χ0n) is 13.0. The maximum absolute atomic E-state index is 12.5. The molecule has 5 nitrogen and oxygen atoms in total. The van der Waals surface area contributed by atoms with Gasteiger partial charge in [0.1, 0.15) is 5.69 Å². The molecule has 1 heterocycles. The Kier molecular flexibility index (Phi) is 4.49. The number of nitrogens with zero attached hydrogens (tertiary/aromatic N) is 1. The molecule has 0 spiro atoms. The fraction of sp³-hybridized carbons (Fsp3) is 0.667. The first kappa shape index (κ1) is 16.1. The predicted molar refractivity (Wildman–Crippen MR) is 84.4 cm³/mol. The molecule has 0 aromatic carbocycles. The molecule has 3 atom stereocenters. The van der Waals surface area contributed by atoms with Crippen molar-refractivity contribution in [3.8, 4) is 0 Å². The number of hydrogen-bond donors (Lipinski definition) is 2. The minimum atomic E-state index is -0.150. The number of nitrogens with two attached hydrogens (primary N) is 1. The van der Waals surface area contributed by atoms with Crippen LogP contribution >= 0.6 is 11.3 Å². The Morgan fingerprint density at radius 1 is 1.43 bits per heavy atom. The minimum absolute atomic E-state index is 0.0248. The third-order valence-corrected chi connectivity index (χ3v) is 5.67. The van der Waals surface area contributed by atoms with Gasteiger partial charge >= 0.3 is 0 Å². The van der Waals surface area contributed by atoms with Crippen molar-refractivity contribution in [2.75, 3.05) is 5.32 Å². The monoisotopic (exact) mass is 309 g/mol. The molecule has 0 radical (unpaired) electrons. The first-order chi connectivity index (χ1) is 9.73. The summed E-state index contributed by atoms with van der Waals surface area (Å²) in [7, 11) is 0. The number of nitrogens with one attached hydrogen (secondary N) is 1. The third-order valence-electron chi connectivity index (χ3n) is 4.91. The summed E-state index contributed by atoms with van der Waals surface area (Å²) < 4.78 is 0. The van der Waals surface area contributed by atoms with Crippen LogP contribution in [0.5, 0.6) is 0 Å². The fourth-order valence-corrected chi connectivity index (χ4v) is 3.76. The van der Waals surface area contributed by atoms with Gasteiger partial charge in [-0.25, -0.2) is 4.98 Å². The smallest absolute Gasteiger partial charge is 0.229 e. The van der Waals surface area contributed by atoms with E-state index < -0.39 is 0 Å². The molecule has 21 heavy (non-hydrogen) atoms. The molecule has 1 fully saturated rings. The Bertz CT molecular complexity index is 553. The van der Waals surface area contributed by atoms with E-state index in [1.54, 1.807) is 5.38 Å². The summed E-state index contributed by atoms with van der Waals surface area (Å²) in [5, 5.41) is 5.01. The van der Waals surface area contributed by atoms with Crippen molar-refractivity contribution in [1.82, 2.24) is 4.98 Å². The highest BCUT2D eigenvalue weighted by atomic mass is 32.1. The topological polar surface area (TPSA) is 85.1 Å². The van der Waals surface area contributed by atoms with Gasteiger partial charge < -0.3 is 11.1 Å². The Balaban J connectivity index is 2.10. The highest BCUT2D eigenvalue weighted by Crippen LogP contribution is 2.44. The lowest BCUT2D eigenvalue weighted by Crippen LogP contribution is -2.50. The molecule has 6 heteroatoms. The van der Waals surface area contributed by atoms with Crippen LogP contribution in [0.3, 0.4) is 0 Å². The Labute approximate surface area is 129 Å². The Morgan fingerprint density at radius 3 is 2.67 bits per heavy atom. The Morgan fingerprint density at radius 2 is 2.10 bits per heavy atom. The first-order valence-corrected chi connectivity index (χ1v) is 8.14. The van der Waals surface area contributed by atoms with E-state index in [1.165, 1.54) is 18.3 Å². The van der Waals surface area contributed by atoms with Gasteiger partial charge in [0.2, 0.25) is 5.91 Å². The lowest BCUT2D eigenvalue weighted by molar-refractivity contribution is -0.127. The molecule has 0 aliphatic heterocycles. The predicted octanol–water partition coefficient (Wildman–Crippen LogP) is 2.68. The molecule has 1 saturated carbocycles. The van der Waals surface area contributed by atoms with Gasteiger partial charge in [0.05, 0.1) is 0 Å². The number of amides is 1. The van der Waals surface area contributed by atoms with Crippen molar-refractivity contribution in [2.24, 2.45) is 23.0 Å². The van der Waals surface area contributed by atoms with E-state index in [1.807, 2.05) is 0 Å². The van der Waals surface area contributed by atoms with E-state index in [2.05, 4.69) is 31.1 Å². The molecule has 1 aliphatic carbocycles. The van der Waals surface area contributed by atoms with Crippen LogP contribution in [0.25, 0.3) is 0 Å². The van der Waals surface area contributed by atoms with Crippen LogP contribution in [-0.4, -0.2) is 22.7 Å². The van der Waals surface area contributed by atoms with Crippen LogP contribution in [-0.2, 0) is 4.79 Å². The zero-order chi connectivity index (χ0) is 15.8. The van der Waals surface area contributed by atoms with Crippen LogP contribution < -0.4 is 11.1 Å². The van der Waals surface area contributed by atoms with Crippen LogP contribution in [0.4, 0.5) is 5.13 Å². The first-order valence-electron chi connectivity index (χ1n) is 7.26. The molecule has 0 saturated heterocycles. The van der Waals surface area contributed by atoms with Gasteiger partial charge in [-0.1, -0.05) is 20.8 Å². The molecule has 3 N–H and O–H groups in total. The third kappa shape index (κ3) is 3.16. The van der Waals surface area contributed by atoms with Crippen molar-refractivity contribution in [1.29, 1.82) is 0 Å². The summed E-state index contributed by atoms with van der Waals surface area (Å²) in [5.74, 6) is 0.0793. The van der Waals surface area contributed by atoms with E-state index in [0.29, 0.717) is 10.8 Å². The number of carbonyl (C=O) groups excluding carboxylic acids is 2. The molecule has 2 rings (SSSR count). The molecule has 3 unspecified atom stereocenters. The SMILES string of the molecule is CC(=O)c1csc(NC(=O)C2CCC(N)C(C)C2(C)C)n1. The number of anilines is 1. The normalized spacial score (nSPS) is 28.1. The second-order valence-electron chi connectivity index (χ2n) is 6.49. The fourth-order valence-electron chi connectivity index (χ4n) is 3.00. The second-order valence-corrected chi connectivity index (χ2v) is 7.35. The summed E-state index contributed by atoms with van der Waals surface area (Å²) in [4.78, 5) is 27.9. The summed E-state index contributed by atoms with van der Waals surface area (Å²) in [5.41, 5.74) is 6.37. The summed E-state index contributed by atoms with van der Waals surface area (Å²) in [6.07, 6.45) is 1.65. The number of carbonyl (C=O) groups is 2. The standard InChI is InChI=1S/C15H23N3O2S/c1-8-11(16)6-5-10(15(8,3)4)13(20)18-14-17-12(7-21-14)9(2)19/h7-8,10-11H,5-6,16H2,1-4H3,(H,17,18,20). The molecule has 0 bridgehead atoms. The molecular formula is C15H23N3O2S. The maximum atomic E-state index is 12.5.